The van der Waals surface area contributed by atoms with Crippen molar-refractivity contribution in [1.82, 2.24) is 0 Å². The van der Waals surface area contributed by atoms with Gasteiger partial charge >= 0.3 is 0 Å². The van der Waals surface area contributed by atoms with Crippen LogP contribution < -0.4 is 15.8 Å². The minimum absolute atomic E-state index is 0.213. The average molecular weight is 240 g/mol. The molecule has 0 bridgehead atoms. The number of ether oxygens (including phenoxy) is 1. The van der Waals surface area contributed by atoms with Crippen molar-refractivity contribution in [2.45, 2.75) is 26.7 Å². The molecule has 3 nitrogen and oxygen atoms in total. The summed E-state index contributed by atoms with van der Waals surface area (Å²) in [5, 5.41) is 3.20. The van der Waals surface area contributed by atoms with E-state index in [2.05, 4.69) is 19.2 Å². The molecule has 96 valence electrons. The largest absolute Gasteiger partial charge is 0.494 e. The Morgan fingerprint density at radius 1 is 1.41 bits per heavy atom. The highest BCUT2D eigenvalue weighted by Crippen LogP contribution is 2.27. The van der Waals surface area contributed by atoms with Gasteiger partial charge in [-0.3, -0.25) is 0 Å². The second kappa shape index (κ2) is 6.33. The zero-order valence-corrected chi connectivity index (χ0v) is 10.7. The van der Waals surface area contributed by atoms with E-state index in [1.807, 2.05) is 0 Å². The molecule has 17 heavy (non-hydrogen) atoms. The molecule has 0 aromatic heterocycles. The Bertz CT molecular complexity index is 367. The fraction of sp³-hybridized carbons (Fsp3) is 0.538. The third-order valence-electron chi connectivity index (χ3n) is 2.60. The molecule has 0 heterocycles. The van der Waals surface area contributed by atoms with Crippen LogP contribution in [-0.4, -0.2) is 13.7 Å². The number of hydrogen-bond acceptors (Lipinski definition) is 3. The molecule has 0 atom stereocenters. The zero-order chi connectivity index (χ0) is 12.8. The molecule has 0 saturated carbocycles. The number of nitrogen functional groups attached to an aromatic ring is 1. The van der Waals surface area contributed by atoms with Crippen LogP contribution in [0.15, 0.2) is 12.1 Å². The van der Waals surface area contributed by atoms with Crippen molar-refractivity contribution in [1.29, 1.82) is 0 Å². The Morgan fingerprint density at radius 2 is 2.12 bits per heavy atom. The molecule has 3 N–H and O–H groups in total. The van der Waals surface area contributed by atoms with Crippen LogP contribution in [0.5, 0.6) is 5.75 Å². The predicted molar refractivity (Wildman–Crippen MR) is 69.9 cm³/mol. The first-order valence-corrected chi connectivity index (χ1v) is 5.91. The highest BCUT2D eigenvalue weighted by atomic mass is 19.1. The number of anilines is 2. The summed E-state index contributed by atoms with van der Waals surface area (Å²) in [5.41, 5.74) is 6.87. The summed E-state index contributed by atoms with van der Waals surface area (Å²) in [6.07, 6.45) is 2.22. The van der Waals surface area contributed by atoms with Gasteiger partial charge in [0.05, 0.1) is 18.5 Å². The summed E-state index contributed by atoms with van der Waals surface area (Å²) in [6, 6.07) is 2.88. The van der Waals surface area contributed by atoms with Crippen molar-refractivity contribution in [3.8, 4) is 5.75 Å². The van der Waals surface area contributed by atoms with Gasteiger partial charge in [0.15, 0.2) is 11.6 Å². The Labute approximate surface area is 102 Å². The van der Waals surface area contributed by atoms with Gasteiger partial charge < -0.3 is 15.8 Å². The molecule has 1 aromatic carbocycles. The molecule has 0 unspecified atom stereocenters. The molecule has 0 radical (unpaired) electrons. The minimum atomic E-state index is -0.433. The van der Waals surface area contributed by atoms with Gasteiger partial charge in [0, 0.05) is 18.7 Å². The van der Waals surface area contributed by atoms with Crippen LogP contribution >= 0.6 is 0 Å². The summed E-state index contributed by atoms with van der Waals surface area (Å²) in [6.45, 7) is 5.21. The molecule has 0 aliphatic heterocycles. The number of halogens is 1. The third kappa shape index (κ3) is 4.13. The van der Waals surface area contributed by atoms with E-state index in [9.17, 15) is 4.39 Å². The van der Waals surface area contributed by atoms with Crippen LogP contribution in [0, 0.1) is 11.7 Å². The highest BCUT2D eigenvalue weighted by Gasteiger charge is 2.07. The second-order valence-electron chi connectivity index (χ2n) is 4.54. The van der Waals surface area contributed by atoms with Crippen molar-refractivity contribution in [2.75, 3.05) is 24.7 Å². The lowest BCUT2D eigenvalue weighted by Crippen LogP contribution is -2.06. The molecular weight excluding hydrogens is 219 g/mol. The van der Waals surface area contributed by atoms with Gasteiger partial charge in [0.2, 0.25) is 0 Å². The first kappa shape index (κ1) is 13.6. The summed E-state index contributed by atoms with van der Waals surface area (Å²) in [5.74, 6) is 0.472. The van der Waals surface area contributed by atoms with E-state index in [1.54, 1.807) is 6.07 Å². The first-order valence-electron chi connectivity index (χ1n) is 5.91. The molecule has 0 aliphatic carbocycles. The predicted octanol–water partition coefficient (Wildman–Crippen LogP) is 3.26. The van der Waals surface area contributed by atoms with Crippen LogP contribution in [-0.2, 0) is 0 Å². The van der Waals surface area contributed by atoms with Crippen molar-refractivity contribution in [2.24, 2.45) is 5.92 Å². The maximum absolute atomic E-state index is 13.3. The standard InChI is InChI=1S/C13H21FN2O/c1-9(2)5-4-6-16-12-8-13(17-3)10(14)7-11(12)15/h7-9,16H,4-6,15H2,1-3H3. The van der Waals surface area contributed by atoms with Gasteiger partial charge in [-0.15, -0.1) is 0 Å². The molecule has 4 heteroatoms. The summed E-state index contributed by atoms with van der Waals surface area (Å²) >= 11 is 0. The lowest BCUT2D eigenvalue weighted by atomic mass is 10.1. The number of methoxy groups -OCH3 is 1. The van der Waals surface area contributed by atoms with E-state index in [4.69, 9.17) is 10.5 Å². The van der Waals surface area contributed by atoms with Crippen LogP contribution in [0.3, 0.4) is 0 Å². The van der Waals surface area contributed by atoms with Crippen LogP contribution in [0.25, 0.3) is 0 Å². The lowest BCUT2D eigenvalue weighted by molar-refractivity contribution is 0.387. The number of hydrogen-bond donors (Lipinski definition) is 2. The van der Waals surface area contributed by atoms with Crippen molar-refractivity contribution in [3.05, 3.63) is 17.9 Å². The number of nitrogens with two attached hydrogens (primary N) is 1. The van der Waals surface area contributed by atoms with E-state index in [0.717, 1.165) is 25.1 Å². The fourth-order valence-electron chi connectivity index (χ4n) is 1.61. The Kier molecular flexibility index (Phi) is 5.07. The molecule has 0 fully saturated rings. The number of rotatable bonds is 6. The average Bonchev–Trinajstić information content (AvgIpc) is 2.26. The van der Waals surface area contributed by atoms with Crippen LogP contribution in [0.2, 0.25) is 0 Å². The molecule has 0 amide bonds. The maximum Gasteiger partial charge on any atom is 0.167 e. The van der Waals surface area contributed by atoms with E-state index >= 15 is 0 Å². The maximum atomic E-state index is 13.3. The third-order valence-corrected chi connectivity index (χ3v) is 2.60. The fourth-order valence-corrected chi connectivity index (χ4v) is 1.61. The molecule has 1 aromatic rings. The highest BCUT2D eigenvalue weighted by molar-refractivity contribution is 5.68. The topological polar surface area (TPSA) is 47.3 Å². The van der Waals surface area contributed by atoms with Gasteiger partial charge in [-0.1, -0.05) is 13.8 Å². The number of benzene rings is 1. The number of nitrogens with one attached hydrogen (secondary N) is 1. The normalized spacial score (nSPS) is 10.6. The summed E-state index contributed by atoms with van der Waals surface area (Å²) in [7, 11) is 1.44. The van der Waals surface area contributed by atoms with E-state index in [-0.39, 0.29) is 5.75 Å². The Balaban J connectivity index is 2.58. The SMILES string of the molecule is COc1cc(NCCCC(C)C)c(N)cc1F. The molecule has 0 aliphatic rings. The molecule has 0 saturated heterocycles. The van der Waals surface area contributed by atoms with Crippen LogP contribution in [0.4, 0.5) is 15.8 Å². The molecular formula is C13H21FN2O. The quantitative estimate of drug-likeness (QED) is 0.592. The van der Waals surface area contributed by atoms with Crippen LogP contribution in [0.1, 0.15) is 26.7 Å². The zero-order valence-electron chi connectivity index (χ0n) is 10.7. The van der Waals surface area contributed by atoms with Gasteiger partial charge in [0.1, 0.15) is 0 Å². The molecule has 1 rings (SSSR count). The van der Waals surface area contributed by atoms with Gasteiger partial charge in [0.25, 0.3) is 0 Å². The second-order valence-corrected chi connectivity index (χ2v) is 4.54. The van der Waals surface area contributed by atoms with Gasteiger partial charge in [-0.25, -0.2) is 4.39 Å². The van der Waals surface area contributed by atoms with E-state index in [1.165, 1.54) is 13.2 Å². The minimum Gasteiger partial charge on any atom is -0.494 e. The van der Waals surface area contributed by atoms with Gasteiger partial charge in [-0.05, 0) is 18.8 Å². The Morgan fingerprint density at radius 3 is 2.71 bits per heavy atom. The first-order chi connectivity index (χ1) is 8.04. The Hall–Kier alpha value is -1.45. The molecule has 0 spiro atoms. The van der Waals surface area contributed by atoms with Crippen molar-refractivity contribution >= 4 is 11.4 Å². The summed E-state index contributed by atoms with van der Waals surface area (Å²) in [4.78, 5) is 0. The van der Waals surface area contributed by atoms with E-state index in [0.29, 0.717) is 11.6 Å². The van der Waals surface area contributed by atoms with Gasteiger partial charge in [-0.2, -0.15) is 0 Å². The van der Waals surface area contributed by atoms with Crippen molar-refractivity contribution in [3.63, 3.8) is 0 Å². The van der Waals surface area contributed by atoms with E-state index < -0.39 is 5.82 Å². The monoisotopic (exact) mass is 240 g/mol. The lowest BCUT2D eigenvalue weighted by Gasteiger charge is -2.12. The smallest absolute Gasteiger partial charge is 0.167 e. The van der Waals surface area contributed by atoms with Crippen molar-refractivity contribution < 1.29 is 9.13 Å². The summed E-state index contributed by atoms with van der Waals surface area (Å²) < 4.78 is 18.2.